The van der Waals surface area contributed by atoms with E-state index in [9.17, 15) is 0 Å². The number of fused-ring (bicyclic) bond motifs is 1. The zero-order valence-electron chi connectivity index (χ0n) is 12.6. The summed E-state index contributed by atoms with van der Waals surface area (Å²) in [7, 11) is 0. The Morgan fingerprint density at radius 3 is 2.82 bits per heavy atom. The number of nitrogens with zero attached hydrogens (tertiary/aromatic N) is 5. The van der Waals surface area contributed by atoms with Crippen molar-refractivity contribution in [2.45, 2.75) is 44.6 Å². The van der Waals surface area contributed by atoms with Crippen LogP contribution in [0.15, 0.2) is 17.0 Å². The molecule has 0 radical (unpaired) electrons. The van der Waals surface area contributed by atoms with Crippen molar-refractivity contribution in [1.82, 2.24) is 19.6 Å². The molecule has 2 N–H and O–H groups in total. The van der Waals surface area contributed by atoms with Crippen LogP contribution < -0.4 is 10.6 Å². The van der Waals surface area contributed by atoms with Gasteiger partial charge in [0.15, 0.2) is 5.65 Å². The molecule has 2 fully saturated rings. The van der Waals surface area contributed by atoms with Crippen LogP contribution >= 0.6 is 15.9 Å². The van der Waals surface area contributed by atoms with E-state index in [0.29, 0.717) is 11.5 Å². The molecule has 4 rings (SSSR count). The minimum absolute atomic E-state index is 0.358. The maximum absolute atomic E-state index is 6.46. The molecule has 2 aromatic rings. The lowest BCUT2D eigenvalue weighted by molar-refractivity contribution is 0.113. The van der Waals surface area contributed by atoms with Gasteiger partial charge in [-0.25, -0.2) is 9.38 Å². The Morgan fingerprint density at radius 2 is 2.05 bits per heavy atom. The van der Waals surface area contributed by atoms with Crippen molar-refractivity contribution < 1.29 is 0 Å². The molecule has 2 aromatic heterocycles. The molecule has 22 heavy (non-hydrogen) atoms. The molecule has 7 heteroatoms. The second-order valence-corrected chi connectivity index (χ2v) is 7.49. The first-order valence-corrected chi connectivity index (χ1v) is 8.84. The van der Waals surface area contributed by atoms with Crippen LogP contribution in [-0.2, 0) is 0 Å². The second-order valence-electron chi connectivity index (χ2n) is 6.63. The van der Waals surface area contributed by atoms with Crippen molar-refractivity contribution in [3.63, 3.8) is 0 Å². The van der Waals surface area contributed by atoms with E-state index >= 15 is 0 Å². The summed E-state index contributed by atoms with van der Waals surface area (Å²) in [5, 5.41) is 8.16. The van der Waals surface area contributed by atoms with Crippen molar-refractivity contribution in [2.75, 3.05) is 18.0 Å². The molecule has 1 aliphatic carbocycles. The third kappa shape index (κ3) is 2.22. The summed E-state index contributed by atoms with van der Waals surface area (Å²) >= 11 is 3.48. The molecule has 3 heterocycles. The number of hydrogen-bond donors (Lipinski definition) is 1. The monoisotopic (exact) mass is 364 g/mol. The lowest BCUT2D eigenvalue weighted by Gasteiger charge is -2.48. The van der Waals surface area contributed by atoms with E-state index in [0.717, 1.165) is 42.0 Å². The van der Waals surface area contributed by atoms with Crippen LogP contribution in [0.3, 0.4) is 0 Å². The lowest BCUT2D eigenvalue weighted by Crippen LogP contribution is -2.51. The summed E-state index contributed by atoms with van der Waals surface area (Å²) < 4.78 is 2.83. The lowest BCUT2D eigenvalue weighted by atomic mass is 9.65. The second kappa shape index (κ2) is 5.45. The summed E-state index contributed by atoms with van der Waals surface area (Å²) in [5.74, 6) is 0.933. The standard InChI is InChI=1S/C15H21BrN6/c16-11-9-18-14(22-10-19-20-13(11)22)21-7-5-15(6-8-21)4-2-1-3-12(15)17/h9-10,12H,1-8,17H2/t12-/m1/s1. The first-order chi connectivity index (χ1) is 10.7. The summed E-state index contributed by atoms with van der Waals surface area (Å²) in [5.41, 5.74) is 7.63. The highest BCUT2D eigenvalue weighted by Gasteiger charge is 2.41. The number of rotatable bonds is 1. The highest BCUT2D eigenvalue weighted by Crippen LogP contribution is 2.44. The molecule has 1 saturated carbocycles. The Balaban J connectivity index is 1.58. The first kappa shape index (κ1) is 14.4. The number of hydrogen-bond acceptors (Lipinski definition) is 5. The quantitative estimate of drug-likeness (QED) is 0.840. The number of halogens is 1. The zero-order valence-corrected chi connectivity index (χ0v) is 14.2. The van der Waals surface area contributed by atoms with E-state index in [1.54, 1.807) is 6.33 Å². The Kier molecular flexibility index (Phi) is 3.57. The molecule has 0 unspecified atom stereocenters. The van der Waals surface area contributed by atoms with Crippen LogP contribution in [-0.4, -0.2) is 38.7 Å². The van der Waals surface area contributed by atoms with Crippen molar-refractivity contribution in [3.05, 3.63) is 17.0 Å². The average molecular weight is 365 g/mol. The highest BCUT2D eigenvalue weighted by atomic mass is 79.9. The number of aromatic nitrogens is 4. The predicted molar refractivity (Wildman–Crippen MR) is 88.8 cm³/mol. The fraction of sp³-hybridized carbons (Fsp3) is 0.667. The van der Waals surface area contributed by atoms with Gasteiger partial charge in [-0.1, -0.05) is 12.8 Å². The van der Waals surface area contributed by atoms with Crippen LogP contribution in [0.4, 0.5) is 5.95 Å². The molecule has 118 valence electrons. The van der Waals surface area contributed by atoms with E-state index in [1.807, 2.05) is 10.6 Å². The summed E-state index contributed by atoms with van der Waals surface area (Å²) in [6.45, 7) is 2.02. The normalized spacial score (nSPS) is 25.0. The molecule has 1 spiro atoms. The predicted octanol–water partition coefficient (Wildman–Crippen LogP) is 2.37. The number of anilines is 1. The summed E-state index contributed by atoms with van der Waals surface area (Å²) in [6, 6.07) is 0.371. The maximum atomic E-state index is 6.46. The van der Waals surface area contributed by atoms with Gasteiger partial charge in [0.2, 0.25) is 5.95 Å². The largest absolute Gasteiger partial charge is 0.342 e. The maximum Gasteiger partial charge on any atom is 0.212 e. The van der Waals surface area contributed by atoms with Crippen molar-refractivity contribution in [1.29, 1.82) is 0 Å². The molecule has 2 aliphatic rings. The van der Waals surface area contributed by atoms with Gasteiger partial charge in [0.25, 0.3) is 0 Å². The minimum atomic E-state index is 0.358. The van der Waals surface area contributed by atoms with Gasteiger partial charge in [0, 0.05) is 25.3 Å². The van der Waals surface area contributed by atoms with Crippen LogP contribution in [0.1, 0.15) is 38.5 Å². The van der Waals surface area contributed by atoms with Gasteiger partial charge in [0.1, 0.15) is 6.33 Å². The zero-order chi connectivity index (χ0) is 15.2. The molecule has 0 aromatic carbocycles. The number of piperidine rings is 1. The van der Waals surface area contributed by atoms with Gasteiger partial charge < -0.3 is 10.6 Å². The molecule has 1 saturated heterocycles. The van der Waals surface area contributed by atoms with Gasteiger partial charge in [0.05, 0.1) is 4.47 Å². The van der Waals surface area contributed by atoms with Crippen LogP contribution in [0, 0.1) is 5.41 Å². The molecular formula is C15H21BrN6. The Hall–Kier alpha value is -1.21. The minimum Gasteiger partial charge on any atom is -0.342 e. The van der Waals surface area contributed by atoms with Gasteiger partial charge >= 0.3 is 0 Å². The third-order valence-electron chi connectivity index (χ3n) is 5.54. The molecule has 0 amide bonds. The van der Waals surface area contributed by atoms with Crippen LogP contribution in [0.2, 0.25) is 0 Å². The average Bonchev–Trinajstić information content (AvgIpc) is 3.03. The Labute approximate surface area is 138 Å². The van der Waals surface area contributed by atoms with Gasteiger partial charge in [-0.3, -0.25) is 0 Å². The van der Waals surface area contributed by atoms with Gasteiger partial charge in [-0.15, -0.1) is 10.2 Å². The molecule has 1 aliphatic heterocycles. The fourth-order valence-corrected chi connectivity index (χ4v) is 4.49. The van der Waals surface area contributed by atoms with Crippen LogP contribution in [0.25, 0.3) is 5.65 Å². The molecule has 0 bridgehead atoms. The van der Waals surface area contributed by atoms with Crippen molar-refractivity contribution >= 4 is 27.5 Å². The summed E-state index contributed by atoms with van der Waals surface area (Å²) in [6.07, 6.45) is 11.0. The van der Waals surface area contributed by atoms with E-state index in [2.05, 4.69) is 36.0 Å². The van der Waals surface area contributed by atoms with E-state index < -0.39 is 0 Å². The van der Waals surface area contributed by atoms with E-state index in [1.165, 1.54) is 25.7 Å². The van der Waals surface area contributed by atoms with E-state index in [4.69, 9.17) is 5.73 Å². The van der Waals surface area contributed by atoms with Crippen molar-refractivity contribution in [2.24, 2.45) is 11.1 Å². The Bertz CT molecular complexity index is 676. The summed E-state index contributed by atoms with van der Waals surface area (Å²) in [4.78, 5) is 6.93. The molecule has 6 nitrogen and oxygen atoms in total. The van der Waals surface area contributed by atoms with Gasteiger partial charge in [-0.05, 0) is 47.0 Å². The number of nitrogens with two attached hydrogens (primary N) is 1. The highest BCUT2D eigenvalue weighted by molar-refractivity contribution is 9.10. The first-order valence-electron chi connectivity index (χ1n) is 8.04. The molecular weight excluding hydrogens is 344 g/mol. The van der Waals surface area contributed by atoms with Crippen molar-refractivity contribution in [3.8, 4) is 0 Å². The van der Waals surface area contributed by atoms with Crippen LogP contribution in [0.5, 0.6) is 0 Å². The Morgan fingerprint density at radius 1 is 1.23 bits per heavy atom. The van der Waals surface area contributed by atoms with Gasteiger partial charge in [-0.2, -0.15) is 0 Å². The fourth-order valence-electron chi connectivity index (χ4n) is 4.12. The topological polar surface area (TPSA) is 72.3 Å². The molecule has 1 atom stereocenters. The SMILES string of the molecule is N[C@@H]1CCCCC12CCN(c1ncc(Br)c3nncn13)CC2. The smallest absolute Gasteiger partial charge is 0.212 e. The van der Waals surface area contributed by atoms with E-state index in [-0.39, 0.29) is 0 Å². The third-order valence-corrected chi connectivity index (χ3v) is 6.10.